The van der Waals surface area contributed by atoms with Crippen molar-refractivity contribution < 1.29 is 4.79 Å². The molecule has 126 valence electrons. The van der Waals surface area contributed by atoms with Crippen molar-refractivity contribution in [2.45, 2.75) is 25.7 Å². The first kappa shape index (κ1) is 16.7. The molecule has 2 aromatic carbocycles. The highest BCUT2D eigenvalue weighted by molar-refractivity contribution is 6.30. The fourth-order valence-electron chi connectivity index (χ4n) is 2.56. The van der Waals surface area contributed by atoms with Gasteiger partial charge in [0.05, 0.1) is 0 Å². The standard InChI is InChI=1S/C17H20ClN5O/c1-11-5-2-3-6-12(11)10-19-17(24)15-16(22-23-21-15)20-14-8-4-7-13(18)9-14/h2-9,15-16,20-23H,10H2,1H3,(H,19,24). The molecule has 0 saturated carbocycles. The Hall–Kier alpha value is -2.12. The van der Waals surface area contributed by atoms with Crippen LogP contribution in [0.4, 0.5) is 5.69 Å². The van der Waals surface area contributed by atoms with Crippen LogP contribution in [-0.2, 0) is 11.3 Å². The predicted octanol–water partition coefficient (Wildman–Crippen LogP) is 1.68. The van der Waals surface area contributed by atoms with Gasteiger partial charge >= 0.3 is 0 Å². The quantitative estimate of drug-likeness (QED) is 0.570. The molecular formula is C17H20ClN5O. The minimum absolute atomic E-state index is 0.102. The summed E-state index contributed by atoms with van der Waals surface area (Å²) in [6, 6.07) is 14.9. The van der Waals surface area contributed by atoms with Gasteiger partial charge in [-0.25, -0.2) is 10.9 Å². The van der Waals surface area contributed by atoms with E-state index in [1.54, 1.807) is 6.07 Å². The van der Waals surface area contributed by atoms with E-state index in [9.17, 15) is 4.79 Å². The van der Waals surface area contributed by atoms with E-state index < -0.39 is 6.04 Å². The van der Waals surface area contributed by atoms with Gasteiger partial charge in [0, 0.05) is 17.3 Å². The maximum Gasteiger partial charge on any atom is 0.242 e. The number of carbonyl (C=O) groups is 1. The molecule has 5 N–H and O–H groups in total. The fourth-order valence-corrected chi connectivity index (χ4v) is 2.75. The highest BCUT2D eigenvalue weighted by atomic mass is 35.5. The number of nitrogens with one attached hydrogen (secondary N) is 5. The molecule has 1 heterocycles. The first-order valence-corrected chi connectivity index (χ1v) is 8.11. The summed E-state index contributed by atoms with van der Waals surface area (Å²) in [6.45, 7) is 2.52. The first-order chi connectivity index (χ1) is 11.6. The maximum atomic E-state index is 12.5. The average molecular weight is 346 g/mol. The molecule has 0 spiro atoms. The molecule has 1 aliphatic rings. The summed E-state index contributed by atoms with van der Waals surface area (Å²) in [7, 11) is 0. The molecule has 1 aliphatic heterocycles. The predicted molar refractivity (Wildman–Crippen MR) is 95.1 cm³/mol. The number of hydrogen-bond acceptors (Lipinski definition) is 5. The lowest BCUT2D eigenvalue weighted by atomic mass is 10.1. The summed E-state index contributed by atoms with van der Waals surface area (Å²) in [4.78, 5) is 12.5. The van der Waals surface area contributed by atoms with E-state index in [2.05, 4.69) is 27.0 Å². The number of rotatable bonds is 5. The Bertz CT molecular complexity index is 724. The Morgan fingerprint density at radius 3 is 2.79 bits per heavy atom. The summed E-state index contributed by atoms with van der Waals surface area (Å²) in [5, 5.41) is 6.84. The van der Waals surface area contributed by atoms with Gasteiger partial charge in [-0.05, 0) is 36.2 Å². The van der Waals surface area contributed by atoms with E-state index in [-0.39, 0.29) is 12.1 Å². The van der Waals surface area contributed by atoms with Crippen molar-refractivity contribution in [3.8, 4) is 0 Å². The van der Waals surface area contributed by atoms with E-state index in [1.165, 1.54) is 0 Å². The SMILES string of the molecule is Cc1ccccc1CNC(=O)C1NNNC1Nc1cccc(Cl)c1. The molecule has 3 rings (SSSR count). The van der Waals surface area contributed by atoms with Gasteiger partial charge in [-0.15, -0.1) is 0 Å². The lowest BCUT2D eigenvalue weighted by Gasteiger charge is -2.20. The van der Waals surface area contributed by atoms with Gasteiger partial charge in [-0.3, -0.25) is 4.79 Å². The smallest absolute Gasteiger partial charge is 0.242 e. The number of carbonyl (C=O) groups excluding carboxylic acids is 1. The minimum Gasteiger partial charge on any atom is -0.367 e. The van der Waals surface area contributed by atoms with Gasteiger partial charge in [-0.1, -0.05) is 41.9 Å². The van der Waals surface area contributed by atoms with Crippen molar-refractivity contribution in [1.29, 1.82) is 0 Å². The van der Waals surface area contributed by atoms with Gasteiger partial charge in [0.2, 0.25) is 5.91 Å². The lowest BCUT2D eigenvalue weighted by molar-refractivity contribution is -0.123. The summed E-state index contributed by atoms with van der Waals surface area (Å²) in [5.74, 6) is -0.102. The second-order valence-electron chi connectivity index (χ2n) is 5.67. The second kappa shape index (κ2) is 7.63. The molecule has 0 radical (unpaired) electrons. The van der Waals surface area contributed by atoms with Crippen LogP contribution in [0.15, 0.2) is 48.5 Å². The highest BCUT2D eigenvalue weighted by Gasteiger charge is 2.32. The van der Waals surface area contributed by atoms with Crippen molar-refractivity contribution in [2.75, 3.05) is 5.32 Å². The molecule has 1 fully saturated rings. The van der Waals surface area contributed by atoms with Gasteiger partial charge < -0.3 is 10.6 Å². The molecule has 0 bridgehead atoms. The Morgan fingerprint density at radius 1 is 1.17 bits per heavy atom. The number of aryl methyl sites for hydroxylation is 1. The average Bonchev–Trinajstić information content (AvgIpc) is 3.02. The van der Waals surface area contributed by atoms with Crippen molar-refractivity contribution in [3.05, 3.63) is 64.7 Å². The Kier molecular flexibility index (Phi) is 5.32. The molecule has 24 heavy (non-hydrogen) atoms. The van der Waals surface area contributed by atoms with Crippen LogP contribution in [0.1, 0.15) is 11.1 Å². The lowest BCUT2D eigenvalue weighted by Crippen LogP contribution is -2.50. The maximum absolute atomic E-state index is 12.5. The zero-order valence-electron chi connectivity index (χ0n) is 13.3. The molecule has 1 saturated heterocycles. The van der Waals surface area contributed by atoms with Gasteiger partial charge in [0.1, 0.15) is 12.2 Å². The van der Waals surface area contributed by atoms with Crippen LogP contribution >= 0.6 is 11.6 Å². The van der Waals surface area contributed by atoms with E-state index in [4.69, 9.17) is 11.6 Å². The zero-order valence-corrected chi connectivity index (χ0v) is 14.0. The minimum atomic E-state index is -0.465. The Labute approximate surface area is 145 Å². The number of hydrazine groups is 2. The van der Waals surface area contributed by atoms with Crippen LogP contribution in [-0.4, -0.2) is 18.1 Å². The number of benzene rings is 2. The van der Waals surface area contributed by atoms with Crippen LogP contribution in [0.2, 0.25) is 5.02 Å². The summed E-state index contributed by atoms with van der Waals surface area (Å²) in [6.07, 6.45) is -0.305. The first-order valence-electron chi connectivity index (χ1n) is 7.74. The molecule has 1 amide bonds. The van der Waals surface area contributed by atoms with Gasteiger partial charge in [0.25, 0.3) is 0 Å². The molecule has 0 aliphatic carbocycles. The topological polar surface area (TPSA) is 77.2 Å². The molecule has 2 aromatic rings. The molecular weight excluding hydrogens is 326 g/mol. The summed E-state index contributed by atoms with van der Waals surface area (Å²) >= 11 is 5.99. The highest BCUT2D eigenvalue weighted by Crippen LogP contribution is 2.16. The Balaban J connectivity index is 1.60. The summed E-state index contributed by atoms with van der Waals surface area (Å²) < 4.78 is 0. The van der Waals surface area contributed by atoms with Crippen molar-refractivity contribution in [3.63, 3.8) is 0 Å². The van der Waals surface area contributed by atoms with E-state index in [1.807, 2.05) is 49.4 Å². The third-order valence-electron chi connectivity index (χ3n) is 3.93. The van der Waals surface area contributed by atoms with Crippen molar-refractivity contribution >= 4 is 23.2 Å². The van der Waals surface area contributed by atoms with E-state index >= 15 is 0 Å². The van der Waals surface area contributed by atoms with Crippen LogP contribution in [0, 0.1) is 6.92 Å². The normalized spacial score (nSPS) is 19.9. The molecule has 6 nitrogen and oxygen atoms in total. The molecule has 2 atom stereocenters. The Morgan fingerprint density at radius 2 is 2.00 bits per heavy atom. The monoisotopic (exact) mass is 345 g/mol. The van der Waals surface area contributed by atoms with Gasteiger partial charge in [0.15, 0.2) is 0 Å². The molecule has 0 aromatic heterocycles. The largest absolute Gasteiger partial charge is 0.367 e. The number of amides is 1. The third-order valence-corrected chi connectivity index (χ3v) is 4.17. The number of halogens is 1. The van der Waals surface area contributed by atoms with Crippen molar-refractivity contribution in [1.82, 2.24) is 21.7 Å². The van der Waals surface area contributed by atoms with Crippen LogP contribution in [0.5, 0.6) is 0 Å². The van der Waals surface area contributed by atoms with Crippen LogP contribution in [0.25, 0.3) is 0 Å². The summed E-state index contributed by atoms with van der Waals surface area (Å²) in [5.41, 5.74) is 11.8. The molecule has 7 heteroatoms. The second-order valence-corrected chi connectivity index (χ2v) is 6.10. The van der Waals surface area contributed by atoms with Crippen molar-refractivity contribution in [2.24, 2.45) is 0 Å². The fraction of sp³-hybridized carbons (Fsp3) is 0.235. The zero-order chi connectivity index (χ0) is 16.9. The van der Waals surface area contributed by atoms with E-state index in [0.717, 1.165) is 16.8 Å². The number of anilines is 1. The molecule has 2 unspecified atom stereocenters. The van der Waals surface area contributed by atoms with E-state index in [0.29, 0.717) is 11.6 Å². The van der Waals surface area contributed by atoms with Crippen LogP contribution < -0.4 is 27.0 Å². The van der Waals surface area contributed by atoms with Crippen LogP contribution in [0.3, 0.4) is 0 Å². The van der Waals surface area contributed by atoms with Gasteiger partial charge in [-0.2, -0.15) is 5.53 Å². The number of hydrogen-bond donors (Lipinski definition) is 5. The third kappa shape index (κ3) is 4.04.